The fourth-order valence-corrected chi connectivity index (χ4v) is 4.27. The van der Waals surface area contributed by atoms with Gasteiger partial charge in [0.05, 0.1) is 6.54 Å². The van der Waals surface area contributed by atoms with Gasteiger partial charge < -0.3 is 10.0 Å². The molecule has 1 aromatic heterocycles. The van der Waals surface area contributed by atoms with E-state index < -0.39 is 0 Å². The van der Waals surface area contributed by atoms with Crippen LogP contribution in [0, 0.1) is 11.7 Å². The molecule has 5 nitrogen and oxygen atoms in total. The molecule has 0 saturated carbocycles. The Bertz CT molecular complexity index is 995. The third-order valence-corrected chi connectivity index (χ3v) is 5.73. The number of hydrogen-bond acceptors (Lipinski definition) is 3. The van der Waals surface area contributed by atoms with Crippen molar-refractivity contribution < 1.29 is 10.0 Å². The minimum Gasteiger partial charge on any atom is -0.387 e. The highest BCUT2D eigenvalue weighted by molar-refractivity contribution is 7.71. The molecule has 4 rings (SSSR count). The first-order chi connectivity index (χ1) is 13.6. The number of quaternary nitrogens is 1. The Balaban J connectivity index is 1.71. The molecule has 1 saturated heterocycles. The molecule has 2 atom stereocenters. The highest BCUT2D eigenvalue weighted by atomic mass is 32.1. The number of nitrogens with zero attached hydrogens (tertiary/aromatic N) is 3. The van der Waals surface area contributed by atoms with Crippen LogP contribution in [-0.4, -0.2) is 38.6 Å². The van der Waals surface area contributed by atoms with Crippen LogP contribution in [-0.2, 0) is 13.1 Å². The normalized spacial score (nSPS) is 19.6. The van der Waals surface area contributed by atoms with Crippen LogP contribution in [0.3, 0.4) is 0 Å². The summed E-state index contributed by atoms with van der Waals surface area (Å²) in [6.07, 6.45) is 2.44. The van der Waals surface area contributed by atoms with Gasteiger partial charge in [-0.15, -0.1) is 0 Å². The lowest BCUT2D eigenvalue weighted by Gasteiger charge is -2.26. The third kappa shape index (κ3) is 4.24. The number of hydrogen-bond donors (Lipinski definition) is 2. The Morgan fingerprint density at radius 1 is 1.18 bits per heavy atom. The van der Waals surface area contributed by atoms with E-state index in [0.29, 0.717) is 11.4 Å². The third-order valence-electron chi connectivity index (χ3n) is 5.34. The van der Waals surface area contributed by atoms with Gasteiger partial charge in [0, 0.05) is 12.1 Å². The summed E-state index contributed by atoms with van der Waals surface area (Å²) in [6.45, 7) is 4.58. The molecule has 1 aliphatic heterocycles. The van der Waals surface area contributed by atoms with Crippen molar-refractivity contribution in [2.75, 3.05) is 13.1 Å². The van der Waals surface area contributed by atoms with Crippen molar-refractivity contribution in [2.24, 2.45) is 0 Å². The number of piperidine rings is 1. The summed E-state index contributed by atoms with van der Waals surface area (Å²) in [6, 6.07) is 18.8. The summed E-state index contributed by atoms with van der Waals surface area (Å²) >= 11 is 5.84. The molecular formula is C22H27N4OS+. The number of benzene rings is 2. The highest BCUT2D eigenvalue weighted by Gasteiger charge is 2.23. The minimum atomic E-state index is -0.222. The first kappa shape index (κ1) is 19.1. The largest absolute Gasteiger partial charge is 0.387 e. The molecular weight excluding hydrogens is 368 g/mol. The predicted octanol–water partition coefficient (Wildman–Crippen LogP) is 2.30. The van der Waals surface area contributed by atoms with Crippen LogP contribution in [0.5, 0.6) is 0 Å². The molecule has 28 heavy (non-hydrogen) atoms. The number of aliphatic hydroxyl groups excluding tert-OH is 1. The van der Waals surface area contributed by atoms with Crippen molar-refractivity contribution >= 4 is 12.2 Å². The van der Waals surface area contributed by atoms with Gasteiger partial charge in [0.15, 0.2) is 6.67 Å². The summed E-state index contributed by atoms with van der Waals surface area (Å²) in [5, 5.41) is 14.9. The number of aryl methyl sites for hydroxylation is 1. The summed E-state index contributed by atoms with van der Waals surface area (Å²) < 4.78 is 4.74. The number of likely N-dealkylation sites (tertiary alicyclic amines) is 1. The van der Waals surface area contributed by atoms with Crippen LogP contribution in [0.4, 0.5) is 0 Å². The number of nitrogens with one attached hydrogen (secondary N) is 1. The summed E-state index contributed by atoms with van der Waals surface area (Å²) in [4.78, 5) is 1.33. The zero-order valence-electron chi connectivity index (χ0n) is 16.2. The highest BCUT2D eigenvalue weighted by Crippen LogP contribution is 2.17. The van der Waals surface area contributed by atoms with E-state index in [1.807, 2.05) is 10.7 Å². The second-order valence-electron chi connectivity index (χ2n) is 7.69. The first-order valence-electron chi connectivity index (χ1n) is 9.91. The van der Waals surface area contributed by atoms with Crippen molar-refractivity contribution in [1.29, 1.82) is 0 Å². The van der Waals surface area contributed by atoms with Crippen LogP contribution in [0.1, 0.15) is 29.8 Å². The van der Waals surface area contributed by atoms with Crippen LogP contribution < -0.4 is 4.90 Å². The van der Waals surface area contributed by atoms with Gasteiger partial charge in [0.1, 0.15) is 18.5 Å². The fourth-order valence-electron chi connectivity index (χ4n) is 3.96. The van der Waals surface area contributed by atoms with Crippen LogP contribution in [0.25, 0.3) is 5.69 Å². The SMILES string of the molecule is Cc1cccc(-n2c(Cc3ccccc3)nn(C[NH+]3CCC[C@@H](O)C3)c2=S)c1. The van der Waals surface area contributed by atoms with Gasteiger partial charge >= 0.3 is 0 Å². The Morgan fingerprint density at radius 2 is 2.00 bits per heavy atom. The zero-order chi connectivity index (χ0) is 19.5. The van der Waals surface area contributed by atoms with Gasteiger partial charge in [-0.1, -0.05) is 42.5 Å². The zero-order valence-corrected chi connectivity index (χ0v) is 17.0. The van der Waals surface area contributed by atoms with Gasteiger partial charge in [-0.2, -0.15) is 9.78 Å². The molecule has 0 spiro atoms. The van der Waals surface area contributed by atoms with E-state index in [0.717, 1.165) is 43.9 Å². The van der Waals surface area contributed by atoms with Crippen molar-refractivity contribution in [2.45, 2.75) is 39.0 Å². The Labute approximate surface area is 170 Å². The first-order valence-corrected chi connectivity index (χ1v) is 10.3. The molecule has 1 fully saturated rings. The van der Waals surface area contributed by atoms with Gasteiger partial charge in [0.2, 0.25) is 4.77 Å². The Morgan fingerprint density at radius 3 is 2.75 bits per heavy atom. The molecule has 6 heteroatoms. The molecule has 0 bridgehead atoms. The smallest absolute Gasteiger partial charge is 0.207 e. The number of rotatable bonds is 5. The molecule has 2 N–H and O–H groups in total. The molecule has 0 aliphatic carbocycles. The van der Waals surface area contributed by atoms with Crippen molar-refractivity contribution in [3.05, 3.63) is 76.3 Å². The Hall–Kier alpha value is -2.28. The topological polar surface area (TPSA) is 47.4 Å². The van der Waals surface area contributed by atoms with E-state index >= 15 is 0 Å². The maximum absolute atomic E-state index is 10.0. The summed E-state index contributed by atoms with van der Waals surface area (Å²) in [7, 11) is 0. The average Bonchev–Trinajstić information content (AvgIpc) is 2.97. The lowest BCUT2D eigenvalue weighted by atomic mass is 10.1. The summed E-state index contributed by atoms with van der Waals surface area (Å²) in [5.74, 6) is 0.943. The lowest BCUT2D eigenvalue weighted by Crippen LogP contribution is -3.13. The van der Waals surface area contributed by atoms with Crippen molar-refractivity contribution in [1.82, 2.24) is 14.3 Å². The van der Waals surface area contributed by atoms with E-state index in [4.69, 9.17) is 17.3 Å². The lowest BCUT2D eigenvalue weighted by molar-refractivity contribution is -0.931. The number of aromatic nitrogens is 3. The van der Waals surface area contributed by atoms with E-state index in [9.17, 15) is 5.11 Å². The average molecular weight is 396 g/mol. The molecule has 2 heterocycles. The van der Waals surface area contributed by atoms with Gasteiger partial charge in [0.25, 0.3) is 0 Å². The molecule has 1 aliphatic rings. The van der Waals surface area contributed by atoms with E-state index in [1.54, 1.807) is 0 Å². The van der Waals surface area contributed by atoms with Crippen LogP contribution in [0.2, 0.25) is 0 Å². The molecule has 1 unspecified atom stereocenters. The second-order valence-corrected chi connectivity index (χ2v) is 8.06. The maximum atomic E-state index is 10.0. The molecule has 0 radical (unpaired) electrons. The number of aliphatic hydroxyl groups is 1. The van der Waals surface area contributed by atoms with Crippen molar-refractivity contribution in [3.8, 4) is 5.69 Å². The van der Waals surface area contributed by atoms with Crippen molar-refractivity contribution in [3.63, 3.8) is 0 Å². The molecule has 0 amide bonds. The predicted molar refractivity (Wildman–Crippen MR) is 112 cm³/mol. The maximum Gasteiger partial charge on any atom is 0.207 e. The monoisotopic (exact) mass is 395 g/mol. The molecule has 146 valence electrons. The quantitative estimate of drug-likeness (QED) is 0.652. The summed E-state index contributed by atoms with van der Waals surface area (Å²) in [5.41, 5.74) is 3.46. The second kappa shape index (κ2) is 8.39. The van der Waals surface area contributed by atoms with Gasteiger partial charge in [-0.25, -0.2) is 0 Å². The molecule has 2 aromatic carbocycles. The van der Waals surface area contributed by atoms with Crippen LogP contribution in [0.15, 0.2) is 54.6 Å². The van der Waals surface area contributed by atoms with E-state index in [-0.39, 0.29) is 6.10 Å². The Kier molecular flexibility index (Phi) is 5.71. The van der Waals surface area contributed by atoms with E-state index in [1.165, 1.54) is 16.0 Å². The fraction of sp³-hybridized carbons (Fsp3) is 0.364. The molecule has 3 aromatic rings. The standard InChI is InChI=1S/C22H26N4OS/c1-17-7-5-10-19(13-17)26-21(14-18-8-3-2-4-9-18)23-25(22(26)28)16-24-12-6-11-20(27)15-24/h2-5,7-10,13,20,27H,6,11-12,14-16H2,1H3/p+1/t20-/m1/s1. The van der Waals surface area contributed by atoms with Crippen LogP contribution >= 0.6 is 12.2 Å². The van der Waals surface area contributed by atoms with Gasteiger partial charge in [-0.05, 0) is 55.2 Å². The van der Waals surface area contributed by atoms with Gasteiger partial charge in [-0.3, -0.25) is 4.57 Å². The van der Waals surface area contributed by atoms with E-state index in [2.05, 4.69) is 60.0 Å². The minimum absolute atomic E-state index is 0.222.